The minimum absolute atomic E-state index is 0.111. The van der Waals surface area contributed by atoms with E-state index < -0.39 is 31.2 Å². The highest BCUT2D eigenvalue weighted by Crippen LogP contribution is 2.26. The Morgan fingerprint density at radius 1 is 1.45 bits per heavy atom. The van der Waals surface area contributed by atoms with Crippen molar-refractivity contribution < 1.29 is 22.3 Å². The largest absolute Gasteiger partial charge is 0.380 e. The molecule has 1 amide bonds. The van der Waals surface area contributed by atoms with Gasteiger partial charge in [-0.25, -0.2) is 12.8 Å². The first-order valence-electron chi connectivity index (χ1n) is 5.57. The molecule has 0 aliphatic carbocycles. The van der Waals surface area contributed by atoms with Gasteiger partial charge in [0.25, 0.3) is 15.0 Å². The van der Waals surface area contributed by atoms with Crippen molar-refractivity contribution in [1.29, 1.82) is 0 Å². The average Bonchev–Trinajstić information content (AvgIpc) is 2.35. The van der Waals surface area contributed by atoms with Gasteiger partial charge in [-0.3, -0.25) is 4.79 Å². The highest BCUT2D eigenvalue weighted by atomic mass is 35.7. The van der Waals surface area contributed by atoms with Crippen molar-refractivity contribution in [3.63, 3.8) is 0 Å². The lowest BCUT2D eigenvalue weighted by molar-refractivity contribution is 0.0918. The maximum atomic E-state index is 14.0. The van der Waals surface area contributed by atoms with E-state index in [-0.39, 0.29) is 18.2 Å². The summed E-state index contributed by atoms with van der Waals surface area (Å²) in [6.45, 7) is 2.68. The summed E-state index contributed by atoms with van der Waals surface area (Å²) in [5.74, 6) is -2.04. The van der Waals surface area contributed by atoms with Crippen molar-refractivity contribution in [2.45, 2.75) is 11.8 Å². The Bertz CT molecular complexity index is 607. The molecule has 0 aromatic heterocycles. The highest BCUT2D eigenvalue weighted by Gasteiger charge is 2.23. The van der Waals surface area contributed by atoms with Crippen LogP contribution >= 0.6 is 22.3 Å². The van der Waals surface area contributed by atoms with Crippen LogP contribution in [0.1, 0.15) is 17.3 Å². The van der Waals surface area contributed by atoms with Crippen LogP contribution in [-0.2, 0) is 13.8 Å². The third-order valence-electron chi connectivity index (χ3n) is 2.25. The Hall–Kier alpha value is -0.890. The molecule has 0 saturated carbocycles. The molecule has 9 heteroatoms. The second-order valence-corrected chi connectivity index (χ2v) is 6.63. The summed E-state index contributed by atoms with van der Waals surface area (Å²) in [5, 5.41) is 2.27. The minimum atomic E-state index is -4.33. The quantitative estimate of drug-likeness (QED) is 0.634. The van der Waals surface area contributed by atoms with Crippen molar-refractivity contribution in [3.05, 3.63) is 28.5 Å². The van der Waals surface area contributed by atoms with Gasteiger partial charge in [0.1, 0.15) is 4.90 Å². The normalized spacial score (nSPS) is 11.4. The summed E-state index contributed by atoms with van der Waals surface area (Å²) < 4.78 is 41.4. The van der Waals surface area contributed by atoms with Crippen LogP contribution in [0.2, 0.25) is 5.02 Å². The fourth-order valence-electron chi connectivity index (χ4n) is 1.38. The van der Waals surface area contributed by atoms with Gasteiger partial charge in [0, 0.05) is 28.9 Å². The van der Waals surface area contributed by atoms with Gasteiger partial charge in [0.15, 0.2) is 5.82 Å². The molecule has 20 heavy (non-hydrogen) atoms. The Morgan fingerprint density at radius 3 is 2.65 bits per heavy atom. The zero-order valence-electron chi connectivity index (χ0n) is 10.5. The molecular weight excluding hydrogens is 332 g/mol. The van der Waals surface area contributed by atoms with Crippen LogP contribution in [0.25, 0.3) is 0 Å². The Morgan fingerprint density at radius 2 is 2.10 bits per heavy atom. The summed E-state index contributed by atoms with van der Waals surface area (Å²) >= 11 is 5.66. The molecule has 1 N–H and O–H groups in total. The first-order valence-corrected chi connectivity index (χ1v) is 8.25. The predicted molar refractivity (Wildman–Crippen MR) is 73.3 cm³/mol. The van der Waals surface area contributed by atoms with Gasteiger partial charge in [0.2, 0.25) is 0 Å². The molecule has 0 unspecified atom stereocenters. The number of halogens is 3. The molecular formula is C11H12Cl2FNO4S. The van der Waals surface area contributed by atoms with Crippen LogP contribution in [0.3, 0.4) is 0 Å². The Balaban J connectivity index is 3.01. The number of ether oxygens (including phenoxy) is 1. The fourth-order valence-corrected chi connectivity index (χ4v) is 2.59. The second-order valence-electron chi connectivity index (χ2n) is 3.66. The van der Waals surface area contributed by atoms with Crippen molar-refractivity contribution >= 4 is 37.2 Å². The Labute approximate surface area is 125 Å². The van der Waals surface area contributed by atoms with E-state index in [4.69, 9.17) is 27.0 Å². The predicted octanol–water partition coefficient (Wildman–Crippen LogP) is 2.17. The van der Waals surface area contributed by atoms with E-state index in [2.05, 4.69) is 5.32 Å². The van der Waals surface area contributed by atoms with Crippen LogP contribution < -0.4 is 5.32 Å². The van der Waals surface area contributed by atoms with E-state index in [9.17, 15) is 17.6 Å². The molecule has 0 fully saturated rings. The molecule has 1 rings (SSSR count). The van der Waals surface area contributed by atoms with E-state index in [1.54, 1.807) is 6.92 Å². The molecule has 1 aromatic carbocycles. The van der Waals surface area contributed by atoms with Gasteiger partial charge in [-0.1, -0.05) is 11.6 Å². The third kappa shape index (κ3) is 4.59. The van der Waals surface area contributed by atoms with Crippen LogP contribution in [0.5, 0.6) is 0 Å². The van der Waals surface area contributed by atoms with Gasteiger partial charge < -0.3 is 10.1 Å². The van der Waals surface area contributed by atoms with Crippen LogP contribution in [0, 0.1) is 5.82 Å². The monoisotopic (exact) mass is 343 g/mol. The molecule has 0 aliphatic heterocycles. The summed E-state index contributed by atoms with van der Waals surface area (Å²) in [6.07, 6.45) is 0. The lowest BCUT2D eigenvalue weighted by Crippen LogP contribution is -2.28. The average molecular weight is 344 g/mol. The number of carbonyl (C=O) groups excluding carboxylic acids is 1. The van der Waals surface area contributed by atoms with Crippen molar-refractivity contribution in [3.8, 4) is 0 Å². The zero-order chi connectivity index (χ0) is 15.3. The van der Waals surface area contributed by atoms with Gasteiger partial charge >= 0.3 is 0 Å². The topological polar surface area (TPSA) is 72.5 Å². The fraction of sp³-hybridized carbons (Fsp3) is 0.364. The highest BCUT2D eigenvalue weighted by molar-refractivity contribution is 8.13. The van der Waals surface area contributed by atoms with E-state index in [0.717, 1.165) is 12.1 Å². The summed E-state index contributed by atoms with van der Waals surface area (Å²) in [6, 6.07) is 1.87. The minimum Gasteiger partial charge on any atom is -0.380 e. The number of benzene rings is 1. The second kappa shape index (κ2) is 7.21. The summed E-state index contributed by atoms with van der Waals surface area (Å²) in [5.41, 5.74) is -0.492. The van der Waals surface area contributed by atoms with Crippen molar-refractivity contribution in [1.82, 2.24) is 5.32 Å². The van der Waals surface area contributed by atoms with Crippen LogP contribution in [0.4, 0.5) is 4.39 Å². The number of rotatable bonds is 6. The molecule has 0 bridgehead atoms. The number of hydrogen-bond donors (Lipinski definition) is 1. The molecule has 0 radical (unpaired) electrons. The molecule has 5 nitrogen and oxygen atoms in total. The van der Waals surface area contributed by atoms with E-state index in [0.29, 0.717) is 6.61 Å². The van der Waals surface area contributed by atoms with Crippen LogP contribution in [-0.4, -0.2) is 34.1 Å². The van der Waals surface area contributed by atoms with Gasteiger partial charge in [0.05, 0.1) is 12.2 Å². The molecule has 0 spiro atoms. The lowest BCUT2D eigenvalue weighted by atomic mass is 10.2. The number of amides is 1. The number of hydrogen-bond acceptors (Lipinski definition) is 4. The Kier molecular flexibility index (Phi) is 6.19. The molecule has 0 heterocycles. The molecule has 0 atom stereocenters. The standard InChI is InChI=1S/C11H12Cl2FNO4S/c1-2-19-4-3-15-11(16)8-5-7(12)6-9(10(8)14)20(13,17)18/h5-6H,2-4H2,1H3,(H,15,16). The summed E-state index contributed by atoms with van der Waals surface area (Å²) in [4.78, 5) is 10.9. The maximum Gasteiger partial charge on any atom is 0.264 e. The smallest absolute Gasteiger partial charge is 0.264 e. The van der Waals surface area contributed by atoms with Crippen molar-refractivity contribution in [2.75, 3.05) is 19.8 Å². The number of carbonyl (C=O) groups is 1. The van der Waals surface area contributed by atoms with Gasteiger partial charge in [-0.2, -0.15) is 0 Å². The van der Waals surface area contributed by atoms with Gasteiger partial charge in [-0.05, 0) is 19.1 Å². The first kappa shape index (κ1) is 17.2. The molecule has 0 saturated heterocycles. The first-order chi connectivity index (χ1) is 9.27. The van der Waals surface area contributed by atoms with E-state index in [1.165, 1.54) is 0 Å². The van der Waals surface area contributed by atoms with E-state index >= 15 is 0 Å². The van der Waals surface area contributed by atoms with E-state index in [1.807, 2.05) is 0 Å². The zero-order valence-corrected chi connectivity index (χ0v) is 12.8. The molecule has 112 valence electrons. The number of nitrogens with one attached hydrogen (secondary N) is 1. The SMILES string of the molecule is CCOCCNC(=O)c1cc(Cl)cc(S(=O)(=O)Cl)c1F. The van der Waals surface area contributed by atoms with Gasteiger partial charge in [-0.15, -0.1) is 0 Å². The summed E-state index contributed by atoms with van der Waals surface area (Å²) in [7, 11) is 0.747. The van der Waals surface area contributed by atoms with Crippen LogP contribution in [0.15, 0.2) is 17.0 Å². The lowest BCUT2D eigenvalue weighted by Gasteiger charge is -2.08. The third-order valence-corrected chi connectivity index (χ3v) is 3.79. The molecule has 1 aromatic rings. The maximum absolute atomic E-state index is 14.0. The molecule has 0 aliphatic rings. The van der Waals surface area contributed by atoms with Crippen molar-refractivity contribution in [2.24, 2.45) is 0 Å².